The third-order valence-electron chi connectivity index (χ3n) is 2.14. The third kappa shape index (κ3) is 5.75. The Kier molecular flexibility index (Phi) is 4.74. The monoisotopic (exact) mass is 274 g/mol. The van der Waals surface area contributed by atoms with Crippen LogP contribution in [0.1, 0.15) is 11.1 Å². The first-order chi connectivity index (χ1) is 8.78. The molecule has 0 radical (unpaired) electrons. The maximum atomic E-state index is 11.8. The van der Waals surface area contributed by atoms with Gasteiger partial charge in [-0.2, -0.15) is 13.2 Å². The Hall–Kier alpha value is -2.25. The standard InChI is InChI=1S/C11H13F3N4O/c12-11(13,14)6-18-10(19)17-5-7-2-1-3-8(4-7)9(15)16/h1-4H,5-6H2,(H3,15,16)(H2,17,18,19). The van der Waals surface area contributed by atoms with E-state index in [0.717, 1.165) is 0 Å². The number of urea groups is 1. The van der Waals surface area contributed by atoms with Gasteiger partial charge in [-0.25, -0.2) is 4.79 Å². The molecule has 2 amide bonds. The van der Waals surface area contributed by atoms with Crippen molar-refractivity contribution in [3.05, 3.63) is 35.4 Å². The zero-order valence-corrected chi connectivity index (χ0v) is 9.84. The van der Waals surface area contributed by atoms with Crippen molar-refractivity contribution >= 4 is 11.9 Å². The Morgan fingerprint density at radius 2 is 2.00 bits per heavy atom. The minimum absolute atomic E-state index is 0.0464. The van der Waals surface area contributed by atoms with Crippen molar-refractivity contribution in [1.29, 1.82) is 5.41 Å². The van der Waals surface area contributed by atoms with Crippen molar-refractivity contribution in [2.45, 2.75) is 12.7 Å². The molecule has 0 heterocycles. The minimum Gasteiger partial charge on any atom is -0.384 e. The topological polar surface area (TPSA) is 91.0 Å². The predicted molar refractivity (Wildman–Crippen MR) is 63.8 cm³/mol. The maximum Gasteiger partial charge on any atom is 0.405 e. The van der Waals surface area contributed by atoms with E-state index >= 15 is 0 Å². The number of alkyl halides is 3. The smallest absolute Gasteiger partial charge is 0.384 e. The Bertz CT molecular complexity index is 473. The molecule has 104 valence electrons. The number of carbonyl (C=O) groups is 1. The number of nitrogen functional groups attached to an aromatic ring is 1. The highest BCUT2D eigenvalue weighted by Gasteiger charge is 2.27. The number of rotatable bonds is 4. The summed E-state index contributed by atoms with van der Waals surface area (Å²) >= 11 is 0. The molecule has 0 atom stereocenters. The highest BCUT2D eigenvalue weighted by atomic mass is 19.4. The summed E-state index contributed by atoms with van der Waals surface area (Å²) in [5.41, 5.74) is 6.41. The first-order valence-corrected chi connectivity index (χ1v) is 5.30. The quantitative estimate of drug-likeness (QED) is 0.493. The molecule has 0 spiro atoms. The van der Waals surface area contributed by atoms with Gasteiger partial charge in [0.25, 0.3) is 0 Å². The van der Waals surface area contributed by atoms with Gasteiger partial charge < -0.3 is 16.4 Å². The van der Waals surface area contributed by atoms with Crippen molar-refractivity contribution in [2.75, 3.05) is 6.54 Å². The van der Waals surface area contributed by atoms with Crippen molar-refractivity contribution in [2.24, 2.45) is 5.73 Å². The van der Waals surface area contributed by atoms with E-state index in [2.05, 4.69) is 5.32 Å². The van der Waals surface area contributed by atoms with Gasteiger partial charge >= 0.3 is 12.2 Å². The summed E-state index contributed by atoms with van der Waals surface area (Å²) in [7, 11) is 0. The lowest BCUT2D eigenvalue weighted by Crippen LogP contribution is -2.40. The van der Waals surface area contributed by atoms with E-state index in [-0.39, 0.29) is 12.4 Å². The van der Waals surface area contributed by atoms with Crippen molar-refractivity contribution in [1.82, 2.24) is 10.6 Å². The predicted octanol–water partition coefficient (Wildman–Crippen LogP) is 1.33. The molecule has 19 heavy (non-hydrogen) atoms. The largest absolute Gasteiger partial charge is 0.405 e. The fraction of sp³-hybridized carbons (Fsp3) is 0.273. The Balaban J connectivity index is 2.46. The molecular formula is C11H13F3N4O. The van der Waals surface area contributed by atoms with E-state index in [0.29, 0.717) is 11.1 Å². The molecule has 0 aliphatic carbocycles. The highest BCUT2D eigenvalue weighted by Crippen LogP contribution is 2.12. The van der Waals surface area contributed by atoms with Crippen LogP contribution in [0.3, 0.4) is 0 Å². The normalized spacial score (nSPS) is 10.9. The Labute approximate surface area is 107 Å². The minimum atomic E-state index is -4.44. The van der Waals surface area contributed by atoms with E-state index in [1.165, 1.54) is 0 Å². The van der Waals surface area contributed by atoms with Gasteiger partial charge in [0, 0.05) is 12.1 Å². The molecule has 0 bridgehead atoms. The van der Waals surface area contributed by atoms with E-state index < -0.39 is 18.8 Å². The molecular weight excluding hydrogens is 261 g/mol. The number of nitrogens with two attached hydrogens (primary N) is 1. The second-order valence-corrected chi connectivity index (χ2v) is 3.77. The van der Waals surface area contributed by atoms with Gasteiger partial charge in [0.1, 0.15) is 12.4 Å². The van der Waals surface area contributed by atoms with Gasteiger partial charge in [-0.3, -0.25) is 5.41 Å². The fourth-order valence-electron chi connectivity index (χ4n) is 1.27. The van der Waals surface area contributed by atoms with Crippen LogP contribution in [0.25, 0.3) is 0 Å². The number of benzene rings is 1. The van der Waals surface area contributed by atoms with Crippen LogP contribution < -0.4 is 16.4 Å². The van der Waals surface area contributed by atoms with E-state index in [4.69, 9.17) is 11.1 Å². The molecule has 1 rings (SSSR count). The fourth-order valence-corrected chi connectivity index (χ4v) is 1.27. The van der Waals surface area contributed by atoms with Crippen LogP contribution in [-0.2, 0) is 6.54 Å². The van der Waals surface area contributed by atoms with Crippen LogP contribution in [-0.4, -0.2) is 24.6 Å². The molecule has 1 aromatic rings. The van der Waals surface area contributed by atoms with Crippen molar-refractivity contribution in [3.8, 4) is 0 Å². The van der Waals surface area contributed by atoms with Gasteiger partial charge in [0.15, 0.2) is 0 Å². The second-order valence-electron chi connectivity index (χ2n) is 3.77. The highest BCUT2D eigenvalue weighted by molar-refractivity contribution is 5.95. The average Bonchev–Trinajstić information content (AvgIpc) is 2.33. The molecule has 5 N–H and O–H groups in total. The molecule has 0 unspecified atom stereocenters. The van der Waals surface area contributed by atoms with E-state index in [1.54, 1.807) is 29.6 Å². The summed E-state index contributed by atoms with van der Waals surface area (Å²) < 4.78 is 35.5. The van der Waals surface area contributed by atoms with Gasteiger partial charge in [0.05, 0.1) is 0 Å². The van der Waals surface area contributed by atoms with E-state index in [1.807, 2.05) is 0 Å². The first-order valence-electron chi connectivity index (χ1n) is 5.30. The van der Waals surface area contributed by atoms with Crippen LogP contribution in [0.15, 0.2) is 24.3 Å². The molecule has 0 aliphatic heterocycles. The molecule has 0 saturated carbocycles. The average molecular weight is 274 g/mol. The number of hydrogen-bond donors (Lipinski definition) is 4. The lowest BCUT2D eigenvalue weighted by atomic mass is 10.1. The van der Waals surface area contributed by atoms with Gasteiger partial charge in [-0.1, -0.05) is 18.2 Å². The van der Waals surface area contributed by atoms with Crippen LogP contribution in [0, 0.1) is 5.41 Å². The SMILES string of the molecule is N=C(N)c1cccc(CNC(=O)NCC(F)(F)F)c1. The maximum absolute atomic E-state index is 11.8. The number of halogens is 3. The molecule has 8 heteroatoms. The summed E-state index contributed by atoms with van der Waals surface area (Å²) in [4.78, 5) is 11.1. The molecule has 5 nitrogen and oxygen atoms in total. The van der Waals surface area contributed by atoms with Gasteiger partial charge in [-0.05, 0) is 11.6 Å². The molecule has 0 aliphatic rings. The zero-order valence-electron chi connectivity index (χ0n) is 9.84. The number of amidine groups is 1. The number of hydrogen-bond acceptors (Lipinski definition) is 2. The summed E-state index contributed by atoms with van der Waals surface area (Å²) in [6.45, 7) is -1.34. The number of nitrogens with one attached hydrogen (secondary N) is 3. The lowest BCUT2D eigenvalue weighted by molar-refractivity contribution is -0.122. The van der Waals surface area contributed by atoms with Crippen molar-refractivity contribution < 1.29 is 18.0 Å². The zero-order chi connectivity index (χ0) is 14.5. The van der Waals surface area contributed by atoms with Crippen molar-refractivity contribution in [3.63, 3.8) is 0 Å². The molecule has 0 saturated heterocycles. The third-order valence-corrected chi connectivity index (χ3v) is 2.14. The lowest BCUT2D eigenvalue weighted by Gasteiger charge is -2.10. The molecule has 0 aromatic heterocycles. The molecule has 0 fully saturated rings. The van der Waals surface area contributed by atoms with Crippen LogP contribution >= 0.6 is 0 Å². The first kappa shape index (κ1) is 14.8. The molecule has 1 aromatic carbocycles. The summed E-state index contributed by atoms with van der Waals surface area (Å²) in [6.07, 6.45) is -4.44. The van der Waals surface area contributed by atoms with E-state index in [9.17, 15) is 18.0 Å². The Morgan fingerprint density at radius 3 is 2.58 bits per heavy atom. The number of amides is 2. The van der Waals surface area contributed by atoms with Crippen LogP contribution in [0.2, 0.25) is 0 Å². The van der Waals surface area contributed by atoms with Gasteiger partial charge in [0.2, 0.25) is 0 Å². The van der Waals surface area contributed by atoms with Crippen LogP contribution in [0.4, 0.5) is 18.0 Å². The van der Waals surface area contributed by atoms with Gasteiger partial charge in [-0.15, -0.1) is 0 Å². The second kappa shape index (κ2) is 6.07. The Morgan fingerprint density at radius 1 is 1.32 bits per heavy atom. The summed E-state index contributed by atoms with van der Waals surface area (Å²) in [6, 6.07) is 5.59. The van der Waals surface area contributed by atoms with Crippen LogP contribution in [0.5, 0.6) is 0 Å². The number of carbonyl (C=O) groups excluding carboxylic acids is 1. The summed E-state index contributed by atoms with van der Waals surface area (Å²) in [5.74, 6) is -0.122. The summed E-state index contributed by atoms with van der Waals surface area (Å²) in [5, 5.41) is 11.2.